The molecule has 0 bridgehead atoms. The average Bonchev–Trinajstić information content (AvgIpc) is 2.64. The first kappa shape index (κ1) is 18.1. The monoisotopic (exact) mass is 361 g/mol. The smallest absolute Gasteiger partial charge is 0.240 e. The molecule has 5 nitrogen and oxygen atoms in total. The van der Waals surface area contributed by atoms with Gasteiger partial charge < -0.3 is 10.2 Å². The fourth-order valence-corrected chi connectivity index (χ4v) is 4.42. The number of benzene rings is 2. The van der Waals surface area contributed by atoms with Gasteiger partial charge in [0.25, 0.3) is 0 Å². The van der Waals surface area contributed by atoms with E-state index in [0.717, 1.165) is 31.7 Å². The molecule has 0 spiro atoms. The normalized spacial score (nSPS) is 17.3. The molecule has 25 heavy (non-hydrogen) atoms. The van der Waals surface area contributed by atoms with Crippen molar-refractivity contribution in [1.29, 1.82) is 0 Å². The molecular formula is C19H27N3O2S+2. The van der Waals surface area contributed by atoms with Crippen LogP contribution in [0.4, 0.5) is 0 Å². The molecule has 0 aromatic heterocycles. The lowest BCUT2D eigenvalue weighted by molar-refractivity contribution is -0.971. The molecule has 1 heterocycles. The molecule has 0 radical (unpaired) electrons. The van der Waals surface area contributed by atoms with Crippen LogP contribution in [0.15, 0.2) is 59.5 Å². The summed E-state index contributed by atoms with van der Waals surface area (Å²) < 4.78 is 28.1. The predicted molar refractivity (Wildman–Crippen MR) is 97.9 cm³/mol. The van der Waals surface area contributed by atoms with Crippen molar-refractivity contribution in [3.05, 3.63) is 65.7 Å². The number of rotatable bonds is 6. The van der Waals surface area contributed by atoms with Gasteiger partial charge in [-0.3, -0.25) is 0 Å². The largest absolute Gasteiger partial charge is 0.337 e. The summed E-state index contributed by atoms with van der Waals surface area (Å²) in [5, 5.41) is 2.32. The van der Waals surface area contributed by atoms with Gasteiger partial charge in [-0.1, -0.05) is 48.0 Å². The third-order valence-electron chi connectivity index (χ3n) is 4.84. The number of hydrogen-bond donors (Lipinski definition) is 3. The Kier molecular flexibility index (Phi) is 5.86. The zero-order valence-corrected chi connectivity index (χ0v) is 15.4. The van der Waals surface area contributed by atoms with E-state index < -0.39 is 10.0 Å². The van der Waals surface area contributed by atoms with Crippen molar-refractivity contribution in [2.45, 2.75) is 17.9 Å². The van der Waals surface area contributed by atoms with Crippen molar-refractivity contribution >= 4 is 10.0 Å². The fraction of sp³-hybridized carbons (Fsp3) is 0.368. The van der Waals surface area contributed by atoms with Gasteiger partial charge in [-0.15, -0.1) is 0 Å². The summed E-state index contributed by atoms with van der Waals surface area (Å²) in [5.41, 5.74) is 2.24. The van der Waals surface area contributed by atoms with E-state index in [-0.39, 0.29) is 6.04 Å². The number of aryl methyl sites for hydroxylation is 1. The van der Waals surface area contributed by atoms with E-state index in [1.54, 1.807) is 12.1 Å². The zero-order valence-electron chi connectivity index (χ0n) is 14.6. The molecule has 3 rings (SSSR count). The molecule has 134 valence electrons. The van der Waals surface area contributed by atoms with E-state index in [9.17, 15) is 8.42 Å². The van der Waals surface area contributed by atoms with Crippen LogP contribution in [0.3, 0.4) is 0 Å². The number of sulfonamides is 1. The molecule has 2 aromatic rings. The average molecular weight is 362 g/mol. The van der Waals surface area contributed by atoms with Crippen molar-refractivity contribution in [2.24, 2.45) is 0 Å². The maximum absolute atomic E-state index is 12.6. The van der Waals surface area contributed by atoms with Crippen molar-refractivity contribution in [1.82, 2.24) is 4.72 Å². The van der Waals surface area contributed by atoms with E-state index in [2.05, 4.69) is 22.2 Å². The Labute approximate surface area is 150 Å². The fourth-order valence-electron chi connectivity index (χ4n) is 3.37. The molecule has 6 heteroatoms. The molecule has 1 aliphatic heterocycles. The van der Waals surface area contributed by atoms with Crippen LogP contribution in [0.1, 0.15) is 17.2 Å². The lowest BCUT2D eigenvalue weighted by Crippen LogP contribution is -3.21. The lowest BCUT2D eigenvalue weighted by Gasteiger charge is -2.30. The van der Waals surface area contributed by atoms with E-state index in [4.69, 9.17) is 0 Å². The first-order valence-corrected chi connectivity index (χ1v) is 10.3. The van der Waals surface area contributed by atoms with Crippen molar-refractivity contribution in [3.63, 3.8) is 0 Å². The standard InChI is InChI=1S/C19H25N3O2S/c1-16-7-9-18(10-8-16)25(23,24)21-15-19(17-5-3-2-4-6-17)22-13-11-20-12-14-22/h2-10,19-21H,11-15H2,1H3/p+2/t19-/m1/s1. The second kappa shape index (κ2) is 8.10. The van der Waals surface area contributed by atoms with E-state index >= 15 is 0 Å². The van der Waals surface area contributed by atoms with Crippen LogP contribution in [-0.4, -0.2) is 41.1 Å². The quantitative estimate of drug-likeness (QED) is 0.648. The maximum Gasteiger partial charge on any atom is 0.240 e. The van der Waals surface area contributed by atoms with Gasteiger partial charge in [-0.2, -0.15) is 0 Å². The maximum atomic E-state index is 12.6. The SMILES string of the molecule is Cc1ccc(S(=O)(=O)NC[C@H](c2ccccc2)[NH+]2CC[NH2+]CC2)cc1. The second-order valence-electron chi connectivity index (χ2n) is 6.65. The van der Waals surface area contributed by atoms with Gasteiger partial charge >= 0.3 is 0 Å². The van der Waals surface area contributed by atoms with E-state index in [1.165, 1.54) is 10.5 Å². The van der Waals surface area contributed by atoms with Crippen LogP contribution in [0.2, 0.25) is 0 Å². The third kappa shape index (κ3) is 4.67. The minimum Gasteiger partial charge on any atom is -0.337 e. The van der Waals surface area contributed by atoms with Crippen molar-refractivity contribution < 1.29 is 18.6 Å². The molecule has 1 fully saturated rings. The van der Waals surface area contributed by atoms with Crippen LogP contribution < -0.4 is 14.9 Å². The molecule has 1 aliphatic rings. The minimum absolute atomic E-state index is 0.134. The Morgan fingerprint density at radius 2 is 1.68 bits per heavy atom. The Hall–Kier alpha value is -1.73. The topological polar surface area (TPSA) is 67.2 Å². The summed E-state index contributed by atoms with van der Waals surface area (Å²) in [6.07, 6.45) is 0. The van der Waals surface area contributed by atoms with Gasteiger partial charge in [0.15, 0.2) is 0 Å². The summed E-state index contributed by atoms with van der Waals surface area (Å²) in [6.45, 7) is 6.63. The molecule has 0 amide bonds. The predicted octanol–water partition coefficient (Wildman–Crippen LogP) is -0.523. The molecule has 4 N–H and O–H groups in total. The van der Waals surface area contributed by atoms with E-state index in [1.807, 2.05) is 37.3 Å². The Bertz CT molecular complexity index is 770. The first-order chi connectivity index (χ1) is 12.1. The summed E-state index contributed by atoms with van der Waals surface area (Å²) in [7, 11) is -3.49. The third-order valence-corrected chi connectivity index (χ3v) is 6.28. The lowest BCUT2D eigenvalue weighted by atomic mass is 10.0. The number of hydrogen-bond acceptors (Lipinski definition) is 2. The van der Waals surface area contributed by atoms with Crippen LogP contribution in [0, 0.1) is 6.92 Å². The molecule has 0 unspecified atom stereocenters. The Balaban J connectivity index is 1.77. The molecule has 1 atom stereocenters. The van der Waals surface area contributed by atoms with Crippen LogP contribution in [-0.2, 0) is 10.0 Å². The Morgan fingerprint density at radius 1 is 1.04 bits per heavy atom. The van der Waals surface area contributed by atoms with Gasteiger partial charge in [0.05, 0.1) is 11.4 Å². The summed E-state index contributed by atoms with van der Waals surface area (Å²) >= 11 is 0. The van der Waals surface area contributed by atoms with E-state index in [0.29, 0.717) is 11.4 Å². The van der Waals surface area contributed by atoms with Gasteiger partial charge in [0.2, 0.25) is 10.0 Å². The molecule has 0 saturated carbocycles. The number of nitrogens with one attached hydrogen (secondary N) is 2. The van der Waals surface area contributed by atoms with Gasteiger partial charge in [0.1, 0.15) is 32.2 Å². The van der Waals surface area contributed by atoms with Crippen LogP contribution in [0.5, 0.6) is 0 Å². The first-order valence-electron chi connectivity index (χ1n) is 8.84. The molecular weight excluding hydrogens is 334 g/mol. The highest BCUT2D eigenvalue weighted by Gasteiger charge is 2.28. The highest BCUT2D eigenvalue weighted by molar-refractivity contribution is 7.89. The number of nitrogens with two attached hydrogens (primary N) is 1. The number of piperazine rings is 1. The highest BCUT2D eigenvalue weighted by Crippen LogP contribution is 2.13. The van der Waals surface area contributed by atoms with Gasteiger partial charge in [0, 0.05) is 5.56 Å². The summed E-state index contributed by atoms with van der Waals surface area (Å²) in [4.78, 5) is 1.77. The van der Waals surface area contributed by atoms with Gasteiger partial charge in [-0.25, -0.2) is 13.1 Å². The van der Waals surface area contributed by atoms with Crippen LogP contribution in [0.25, 0.3) is 0 Å². The number of quaternary nitrogens is 2. The van der Waals surface area contributed by atoms with Crippen LogP contribution >= 0.6 is 0 Å². The summed E-state index contributed by atoms with van der Waals surface area (Å²) in [5.74, 6) is 0. The Morgan fingerprint density at radius 3 is 2.32 bits per heavy atom. The molecule has 2 aromatic carbocycles. The second-order valence-corrected chi connectivity index (χ2v) is 8.42. The summed E-state index contributed by atoms with van der Waals surface area (Å²) in [6, 6.07) is 17.3. The van der Waals surface area contributed by atoms with Crippen molar-refractivity contribution in [2.75, 3.05) is 32.7 Å². The minimum atomic E-state index is -3.49. The van der Waals surface area contributed by atoms with Gasteiger partial charge in [-0.05, 0) is 19.1 Å². The zero-order chi connectivity index (χ0) is 17.7. The highest BCUT2D eigenvalue weighted by atomic mass is 32.2. The molecule has 0 aliphatic carbocycles. The van der Waals surface area contributed by atoms with Crippen molar-refractivity contribution in [3.8, 4) is 0 Å². The molecule has 1 saturated heterocycles.